The first-order valence-corrected chi connectivity index (χ1v) is 14.8. The van der Waals surface area contributed by atoms with E-state index in [1.165, 1.54) is 6.07 Å². The first-order valence-electron chi connectivity index (χ1n) is 14.8. The fourth-order valence-corrected chi connectivity index (χ4v) is 6.18. The SMILES string of the molecule is CCN1CCN(Cc2ccc(CC(=O)N3Cc4cc(Oc5ccnc6[nH]ccc56)ccc4CC3C)cc2C(F)(F)F)CC1. The minimum atomic E-state index is -4.49. The number of nitrogens with zero attached hydrogens (tertiary/aromatic N) is 4. The average Bonchev–Trinajstić information content (AvgIpc) is 3.48. The van der Waals surface area contributed by atoms with Crippen molar-refractivity contribution in [3.63, 3.8) is 0 Å². The molecule has 4 heterocycles. The Hall–Kier alpha value is -3.89. The lowest BCUT2D eigenvalue weighted by Gasteiger charge is -2.35. The minimum Gasteiger partial charge on any atom is -0.457 e. The summed E-state index contributed by atoms with van der Waals surface area (Å²) >= 11 is 0. The van der Waals surface area contributed by atoms with E-state index >= 15 is 0 Å². The van der Waals surface area contributed by atoms with Gasteiger partial charge < -0.3 is 19.5 Å². The Morgan fingerprint density at radius 1 is 1.02 bits per heavy atom. The molecule has 2 aromatic heterocycles. The zero-order chi connectivity index (χ0) is 30.1. The maximum absolute atomic E-state index is 14.1. The zero-order valence-corrected chi connectivity index (χ0v) is 24.5. The maximum atomic E-state index is 14.1. The van der Waals surface area contributed by atoms with Gasteiger partial charge in [0, 0.05) is 57.7 Å². The molecule has 1 unspecified atom stereocenters. The molecule has 1 amide bonds. The maximum Gasteiger partial charge on any atom is 0.416 e. The number of nitrogens with one attached hydrogen (secondary N) is 1. The fourth-order valence-electron chi connectivity index (χ4n) is 6.18. The molecule has 226 valence electrons. The summed E-state index contributed by atoms with van der Waals surface area (Å²) in [6.07, 6.45) is -0.428. The number of hydrogen-bond acceptors (Lipinski definition) is 5. The number of halogens is 3. The molecule has 6 rings (SSSR count). The van der Waals surface area contributed by atoms with Gasteiger partial charge in [0.15, 0.2) is 0 Å². The molecular weight excluding hydrogens is 555 g/mol. The number of H-pyrrole nitrogens is 1. The molecule has 0 radical (unpaired) electrons. The lowest BCUT2D eigenvalue weighted by Crippen LogP contribution is -2.45. The lowest BCUT2D eigenvalue weighted by molar-refractivity contribution is -0.139. The number of fused-ring (bicyclic) bond motifs is 2. The van der Waals surface area contributed by atoms with Gasteiger partial charge in [-0.1, -0.05) is 25.1 Å². The lowest BCUT2D eigenvalue weighted by atomic mass is 9.93. The number of carbonyl (C=O) groups excluding carboxylic acids is 1. The summed E-state index contributed by atoms with van der Waals surface area (Å²) in [6.45, 7) is 8.84. The zero-order valence-electron chi connectivity index (χ0n) is 24.5. The van der Waals surface area contributed by atoms with Gasteiger partial charge in [-0.05, 0) is 72.5 Å². The van der Waals surface area contributed by atoms with Crippen LogP contribution in [-0.2, 0) is 36.9 Å². The molecule has 43 heavy (non-hydrogen) atoms. The molecule has 7 nitrogen and oxygen atoms in total. The number of alkyl halides is 3. The summed E-state index contributed by atoms with van der Waals surface area (Å²) in [5.41, 5.74) is 2.82. The number of rotatable bonds is 7. The van der Waals surface area contributed by atoms with Crippen molar-refractivity contribution < 1.29 is 22.7 Å². The van der Waals surface area contributed by atoms with Crippen LogP contribution in [0.3, 0.4) is 0 Å². The highest BCUT2D eigenvalue weighted by atomic mass is 19.4. The summed E-state index contributed by atoms with van der Waals surface area (Å²) in [6, 6.07) is 13.9. The highest BCUT2D eigenvalue weighted by Gasteiger charge is 2.35. The molecule has 10 heteroatoms. The van der Waals surface area contributed by atoms with E-state index in [1.54, 1.807) is 29.3 Å². The van der Waals surface area contributed by atoms with Crippen molar-refractivity contribution in [3.05, 3.63) is 88.7 Å². The number of pyridine rings is 1. The van der Waals surface area contributed by atoms with Crippen LogP contribution in [0.2, 0.25) is 0 Å². The van der Waals surface area contributed by atoms with Gasteiger partial charge >= 0.3 is 6.18 Å². The van der Waals surface area contributed by atoms with Crippen LogP contribution in [0.5, 0.6) is 11.5 Å². The van der Waals surface area contributed by atoms with E-state index in [1.807, 2.05) is 37.4 Å². The molecule has 0 spiro atoms. The van der Waals surface area contributed by atoms with E-state index in [0.717, 1.165) is 54.9 Å². The molecular formula is C33H36F3N5O2. The Morgan fingerprint density at radius 3 is 2.58 bits per heavy atom. The van der Waals surface area contributed by atoms with Crippen molar-refractivity contribution in [2.75, 3.05) is 32.7 Å². The summed E-state index contributed by atoms with van der Waals surface area (Å²) in [5.74, 6) is 1.13. The van der Waals surface area contributed by atoms with Gasteiger partial charge in [-0.15, -0.1) is 0 Å². The van der Waals surface area contributed by atoms with Gasteiger partial charge in [0.25, 0.3) is 0 Å². The summed E-state index contributed by atoms with van der Waals surface area (Å²) in [7, 11) is 0. The summed E-state index contributed by atoms with van der Waals surface area (Å²) < 4.78 is 48.6. The van der Waals surface area contributed by atoms with Crippen LogP contribution >= 0.6 is 0 Å². The van der Waals surface area contributed by atoms with Crippen LogP contribution in [0, 0.1) is 0 Å². The molecule has 0 bridgehead atoms. The number of hydrogen-bond donors (Lipinski definition) is 1. The minimum absolute atomic E-state index is 0.0744. The third-order valence-electron chi connectivity index (χ3n) is 8.68. The molecule has 2 aliphatic rings. The van der Waals surface area contributed by atoms with Crippen molar-refractivity contribution in [2.45, 2.75) is 52.0 Å². The fraction of sp³-hybridized carbons (Fsp3) is 0.394. The number of aromatic nitrogens is 2. The quantitative estimate of drug-likeness (QED) is 0.285. The predicted molar refractivity (Wildman–Crippen MR) is 159 cm³/mol. The second-order valence-corrected chi connectivity index (χ2v) is 11.5. The predicted octanol–water partition coefficient (Wildman–Crippen LogP) is 6.03. The van der Waals surface area contributed by atoms with Crippen molar-refractivity contribution in [1.29, 1.82) is 0 Å². The Bertz CT molecular complexity index is 1610. The van der Waals surface area contributed by atoms with Gasteiger partial charge in [-0.25, -0.2) is 4.98 Å². The van der Waals surface area contributed by atoms with Gasteiger partial charge in [0.2, 0.25) is 5.91 Å². The number of piperazine rings is 1. The standard InChI is InChI=1S/C33H36F3N5O2/c1-3-39-12-14-40(15-13-39)20-25-5-4-23(17-29(25)33(34,35)36)18-31(42)41-21-26-19-27(7-6-24(26)16-22(41)2)43-30-9-11-38-32-28(30)8-10-37-32/h4-11,17,19,22H,3,12-16,18,20-21H2,1-2H3,(H,37,38). The van der Waals surface area contributed by atoms with E-state index in [-0.39, 0.29) is 30.5 Å². The first kappa shape index (κ1) is 29.2. The largest absolute Gasteiger partial charge is 0.457 e. The molecule has 4 aromatic rings. The van der Waals surface area contributed by atoms with Crippen molar-refractivity contribution >= 4 is 16.9 Å². The molecule has 1 saturated heterocycles. The highest BCUT2D eigenvalue weighted by molar-refractivity contribution is 5.82. The van der Waals surface area contributed by atoms with Crippen molar-refractivity contribution in [2.24, 2.45) is 0 Å². The van der Waals surface area contributed by atoms with E-state index in [9.17, 15) is 18.0 Å². The van der Waals surface area contributed by atoms with Crippen molar-refractivity contribution in [3.8, 4) is 11.5 Å². The second-order valence-electron chi connectivity index (χ2n) is 11.5. The van der Waals surface area contributed by atoms with Gasteiger partial charge in [-0.2, -0.15) is 13.2 Å². The van der Waals surface area contributed by atoms with Crippen LogP contribution in [-0.4, -0.2) is 69.3 Å². The van der Waals surface area contributed by atoms with E-state index in [2.05, 4.69) is 26.7 Å². The molecule has 2 aromatic carbocycles. The molecule has 1 fully saturated rings. The van der Waals surface area contributed by atoms with Crippen LogP contribution in [0.1, 0.15) is 41.7 Å². The number of amides is 1. The Labute approximate surface area is 249 Å². The van der Waals surface area contributed by atoms with Crippen LogP contribution in [0.25, 0.3) is 11.0 Å². The van der Waals surface area contributed by atoms with Crippen LogP contribution in [0.4, 0.5) is 13.2 Å². The number of ether oxygens (including phenoxy) is 1. The average molecular weight is 592 g/mol. The highest BCUT2D eigenvalue weighted by Crippen LogP contribution is 2.35. The molecule has 1 atom stereocenters. The van der Waals surface area contributed by atoms with Crippen LogP contribution < -0.4 is 4.74 Å². The summed E-state index contributed by atoms with van der Waals surface area (Å²) in [4.78, 5) is 27.0. The smallest absolute Gasteiger partial charge is 0.416 e. The Morgan fingerprint density at radius 2 is 1.81 bits per heavy atom. The van der Waals surface area contributed by atoms with Gasteiger partial charge in [0.1, 0.15) is 17.1 Å². The van der Waals surface area contributed by atoms with Gasteiger partial charge in [0.05, 0.1) is 17.4 Å². The molecule has 0 saturated carbocycles. The normalized spacial score (nSPS) is 18.2. The Kier molecular flexibility index (Phi) is 8.15. The van der Waals surface area contributed by atoms with Crippen LogP contribution in [0.15, 0.2) is 60.9 Å². The van der Waals surface area contributed by atoms with E-state index < -0.39 is 11.7 Å². The second kappa shape index (κ2) is 12.0. The first-order chi connectivity index (χ1) is 20.7. The Balaban J connectivity index is 1.16. The number of likely N-dealkylation sites (N-methyl/N-ethyl adjacent to an activating group) is 1. The van der Waals surface area contributed by atoms with E-state index in [0.29, 0.717) is 30.0 Å². The molecule has 2 aliphatic heterocycles. The number of aromatic amines is 1. The topological polar surface area (TPSA) is 64.7 Å². The van der Waals surface area contributed by atoms with Gasteiger partial charge in [-0.3, -0.25) is 9.69 Å². The monoisotopic (exact) mass is 591 g/mol. The van der Waals surface area contributed by atoms with E-state index in [4.69, 9.17) is 4.74 Å². The number of carbonyl (C=O) groups is 1. The molecule has 0 aliphatic carbocycles. The third kappa shape index (κ3) is 6.40. The third-order valence-corrected chi connectivity index (χ3v) is 8.68. The number of benzene rings is 2. The summed E-state index contributed by atoms with van der Waals surface area (Å²) in [5, 5.41) is 0.869. The van der Waals surface area contributed by atoms with Crippen molar-refractivity contribution in [1.82, 2.24) is 24.7 Å². The molecule has 1 N–H and O–H groups in total.